The molecular formula is C25H27FO2. The highest BCUT2D eigenvalue weighted by atomic mass is 19.1. The van der Waals surface area contributed by atoms with E-state index in [1.807, 2.05) is 62.4 Å². The van der Waals surface area contributed by atoms with Crippen molar-refractivity contribution in [3.05, 3.63) is 83.2 Å². The number of aryl methyl sites for hydroxylation is 3. The Balaban J connectivity index is 1.82. The zero-order valence-electron chi connectivity index (χ0n) is 16.5. The van der Waals surface area contributed by atoms with Crippen molar-refractivity contribution in [3.8, 4) is 22.3 Å². The van der Waals surface area contributed by atoms with Gasteiger partial charge >= 0.3 is 0 Å². The standard InChI is InChI=1S/C25H27FO2/c1-17-3-8-21(9-4-17)22-10-12-24(25(26)14-22)23-11-7-19(13-18(23)2)5-6-20(15-27)16-28/h3-4,7-14,20,27-28H,5-6,15-16H2,1-2H3. The van der Waals surface area contributed by atoms with Crippen LogP contribution in [0.1, 0.15) is 23.1 Å². The lowest BCUT2D eigenvalue weighted by Crippen LogP contribution is -2.11. The van der Waals surface area contributed by atoms with E-state index in [-0.39, 0.29) is 24.9 Å². The topological polar surface area (TPSA) is 40.5 Å². The highest BCUT2D eigenvalue weighted by Crippen LogP contribution is 2.31. The molecule has 0 aromatic heterocycles. The van der Waals surface area contributed by atoms with Crippen LogP contribution in [-0.2, 0) is 6.42 Å². The molecule has 3 aromatic rings. The zero-order valence-corrected chi connectivity index (χ0v) is 16.5. The molecule has 0 aliphatic rings. The van der Waals surface area contributed by atoms with Gasteiger partial charge in [-0.15, -0.1) is 0 Å². The van der Waals surface area contributed by atoms with Crippen LogP contribution in [0.15, 0.2) is 60.7 Å². The van der Waals surface area contributed by atoms with Crippen LogP contribution in [0.4, 0.5) is 4.39 Å². The van der Waals surface area contributed by atoms with Crippen molar-refractivity contribution in [1.29, 1.82) is 0 Å². The van der Waals surface area contributed by atoms with Gasteiger partial charge < -0.3 is 10.2 Å². The molecule has 2 N–H and O–H groups in total. The molecule has 3 rings (SSSR count). The van der Waals surface area contributed by atoms with Gasteiger partial charge in [-0.3, -0.25) is 0 Å². The number of rotatable bonds is 7. The van der Waals surface area contributed by atoms with E-state index in [4.69, 9.17) is 0 Å². The number of hydrogen-bond acceptors (Lipinski definition) is 2. The summed E-state index contributed by atoms with van der Waals surface area (Å²) in [5, 5.41) is 18.4. The summed E-state index contributed by atoms with van der Waals surface area (Å²) in [6.07, 6.45) is 1.51. The SMILES string of the molecule is Cc1ccc(-c2ccc(-c3ccc(CCC(CO)CO)cc3C)c(F)c2)cc1. The molecule has 0 saturated heterocycles. The summed E-state index contributed by atoms with van der Waals surface area (Å²) in [4.78, 5) is 0. The van der Waals surface area contributed by atoms with Gasteiger partial charge in [-0.1, -0.05) is 60.2 Å². The quantitative estimate of drug-likeness (QED) is 0.585. The Morgan fingerprint density at radius 3 is 2.04 bits per heavy atom. The number of aliphatic hydroxyl groups excluding tert-OH is 2. The Bertz CT molecular complexity index is 928. The normalized spacial score (nSPS) is 11.2. The second kappa shape index (κ2) is 9.13. The Morgan fingerprint density at radius 1 is 0.786 bits per heavy atom. The number of aliphatic hydroxyl groups is 2. The lowest BCUT2D eigenvalue weighted by Gasteiger charge is -2.13. The third-order valence-electron chi connectivity index (χ3n) is 5.29. The summed E-state index contributed by atoms with van der Waals surface area (Å²) in [5.41, 5.74) is 6.69. The highest BCUT2D eigenvalue weighted by molar-refractivity contribution is 5.73. The van der Waals surface area contributed by atoms with Crippen LogP contribution in [0.25, 0.3) is 22.3 Å². The van der Waals surface area contributed by atoms with E-state index >= 15 is 0 Å². The average molecular weight is 378 g/mol. The number of halogens is 1. The highest BCUT2D eigenvalue weighted by Gasteiger charge is 2.11. The summed E-state index contributed by atoms with van der Waals surface area (Å²) in [7, 11) is 0. The van der Waals surface area contributed by atoms with Gasteiger partial charge in [0, 0.05) is 24.7 Å². The Labute approximate surface area is 166 Å². The predicted molar refractivity (Wildman–Crippen MR) is 113 cm³/mol. The van der Waals surface area contributed by atoms with Crippen molar-refractivity contribution in [1.82, 2.24) is 0 Å². The molecule has 0 heterocycles. The lowest BCUT2D eigenvalue weighted by molar-refractivity contribution is 0.144. The molecule has 3 aromatic carbocycles. The first kappa shape index (κ1) is 20.2. The van der Waals surface area contributed by atoms with Gasteiger partial charge in [0.15, 0.2) is 0 Å². The summed E-state index contributed by atoms with van der Waals surface area (Å²) >= 11 is 0. The van der Waals surface area contributed by atoms with Gasteiger partial charge in [0.25, 0.3) is 0 Å². The van der Waals surface area contributed by atoms with E-state index in [1.165, 1.54) is 5.56 Å². The van der Waals surface area contributed by atoms with Crippen molar-refractivity contribution in [2.24, 2.45) is 5.92 Å². The molecule has 0 bridgehead atoms. The molecule has 0 unspecified atom stereocenters. The second-order valence-corrected chi connectivity index (χ2v) is 7.48. The van der Waals surface area contributed by atoms with Crippen molar-refractivity contribution < 1.29 is 14.6 Å². The van der Waals surface area contributed by atoms with E-state index in [0.29, 0.717) is 5.56 Å². The molecule has 3 heteroatoms. The van der Waals surface area contributed by atoms with Crippen LogP contribution in [0.3, 0.4) is 0 Å². The summed E-state index contributed by atoms with van der Waals surface area (Å²) in [5.74, 6) is -0.318. The largest absolute Gasteiger partial charge is 0.396 e. The maximum Gasteiger partial charge on any atom is 0.131 e. The van der Waals surface area contributed by atoms with E-state index < -0.39 is 0 Å². The minimum absolute atomic E-state index is 0.00783. The molecule has 0 atom stereocenters. The Kier molecular flexibility index (Phi) is 6.61. The van der Waals surface area contributed by atoms with Gasteiger partial charge in [0.1, 0.15) is 5.82 Å². The van der Waals surface area contributed by atoms with Crippen molar-refractivity contribution in [3.63, 3.8) is 0 Å². The zero-order chi connectivity index (χ0) is 20.1. The molecule has 0 fully saturated rings. The van der Waals surface area contributed by atoms with Crippen LogP contribution in [-0.4, -0.2) is 23.4 Å². The summed E-state index contributed by atoms with van der Waals surface area (Å²) in [6, 6.07) is 19.5. The minimum atomic E-state index is -0.227. The van der Waals surface area contributed by atoms with Crippen molar-refractivity contribution in [2.45, 2.75) is 26.7 Å². The van der Waals surface area contributed by atoms with Crippen molar-refractivity contribution in [2.75, 3.05) is 13.2 Å². The van der Waals surface area contributed by atoms with Crippen LogP contribution in [0.2, 0.25) is 0 Å². The molecular weight excluding hydrogens is 351 g/mol. The molecule has 0 radical (unpaired) electrons. The van der Waals surface area contributed by atoms with Crippen molar-refractivity contribution >= 4 is 0 Å². The van der Waals surface area contributed by atoms with Gasteiger partial charge in [0.05, 0.1) is 0 Å². The number of benzene rings is 3. The van der Waals surface area contributed by atoms with Gasteiger partial charge in [0.2, 0.25) is 0 Å². The fraction of sp³-hybridized carbons (Fsp3) is 0.280. The molecule has 28 heavy (non-hydrogen) atoms. The first-order valence-electron chi connectivity index (χ1n) is 9.70. The van der Waals surface area contributed by atoms with E-state index in [1.54, 1.807) is 6.07 Å². The van der Waals surface area contributed by atoms with Gasteiger partial charge in [-0.2, -0.15) is 0 Å². The fourth-order valence-corrected chi connectivity index (χ4v) is 3.45. The maximum atomic E-state index is 14.9. The first-order chi connectivity index (χ1) is 13.5. The first-order valence-corrected chi connectivity index (χ1v) is 9.70. The molecule has 0 saturated carbocycles. The third-order valence-corrected chi connectivity index (χ3v) is 5.29. The molecule has 146 valence electrons. The Morgan fingerprint density at radius 2 is 1.43 bits per heavy atom. The van der Waals surface area contributed by atoms with E-state index in [2.05, 4.69) is 6.07 Å². The fourth-order valence-electron chi connectivity index (χ4n) is 3.45. The smallest absolute Gasteiger partial charge is 0.131 e. The molecule has 0 amide bonds. The van der Waals surface area contributed by atoms with Gasteiger partial charge in [-0.25, -0.2) is 4.39 Å². The van der Waals surface area contributed by atoms with Crippen LogP contribution >= 0.6 is 0 Å². The monoisotopic (exact) mass is 378 g/mol. The van der Waals surface area contributed by atoms with Crippen LogP contribution in [0.5, 0.6) is 0 Å². The third kappa shape index (κ3) is 4.67. The minimum Gasteiger partial charge on any atom is -0.396 e. The van der Waals surface area contributed by atoms with Gasteiger partial charge in [-0.05, 0) is 60.6 Å². The molecule has 0 aliphatic carbocycles. The second-order valence-electron chi connectivity index (χ2n) is 7.48. The maximum absolute atomic E-state index is 14.9. The number of hydrogen-bond donors (Lipinski definition) is 2. The molecule has 0 spiro atoms. The summed E-state index contributed by atoms with van der Waals surface area (Å²) < 4.78 is 14.9. The molecule has 0 aliphatic heterocycles. The van der Waals surface area contributed by atoms with Crippen LogP contribution < -0.4 is 0 Å². The molecule has 2 nitrogen and oxygen atoms in total. The lowest BCUT2D eigenvalue weighted by atomic mass is 9.93. The van der Waals surface area contributed by atoms with E-state index in [0.717, 1.165) is 40.7 Å². The summed E-state index contributed by atoms with van der Waals surface area (Å²) in [6.45, 7) is 4.01. The van der Waals surface area contributed by atoms with E-state index in [9.17, 15) is 14.6 Å². The Hall–Kier alpha value is -2.49. The van der Waals surface area contributed by atoms with Crippen LogP contribution in [0, 0.1) is 25.6 Å². The average Bonchev–Trinajstić information content (AvgIpc) is 2.70. The predicted octanol–water partition coefficient (Wildman–Crippen LogP) is 5.31.